The molecule has 0 spiro atoms. The summed E-state index contributed by atoms with van der Waals surface area (Å²) in [6.07, 6.45) is 0. The Morgan fingerprint density at radius 3 is 2.59 bits per heavy atom. The topological polar surface area (TPSA) is 72.6 Å². The summed E-state index contributed by atoms with van der Waals surface area (Å²) >= 11 is 3.38. The smallest absolute Gasteiger partial charge is 0.248 e. The summed E-state index contributed by atoms with van der Waals surface area (Å²) in [4.78, 5) is 0.115. The highest BCUT2D eigenvalue weighted by molar-refractivity contribution is 9.10. The van der Waals surface area contributed by atoms with Gasteiger partial charge in [0.2, 0.25) is 10.0 Å². The summed E-state index contributed by atoms with van der Waals surface area (Å²) < 4.78 is 37.7. The Bertz CT molecular complexity index is 767. The van der Waals surface area contributed by atoms with Gasteiger partial charge in [-0.25, -0.2) is 8.42 Å². The van der Waals surface area contributed by atoms with Crippen molar-refractivity contribution >= 4 is 26.0 Å². The van der Waals surface area contributed by atoms with E-state index in [9.17, 15) is 8.42 Å². The van der Waals surface area contributed by atoms with Crippen molar-refractivity contribution in [3.63, 3.8) is 0 Å². The van der Waals surface area contributed by atoms with Crippen LogP contribution in [0.4, 0.5) is 0 Å². The quantitative estimate of drug-likeness (QED) is 0.787. The zero-order valence-electron chi connectivity index (χ0n) is 12.8. The SMILES string of the molecule is COc1ccc(Br)cc1CN(C)S(=O)(=O)c1c(C)noc1C. The Morgan fingerprint density at radius 1 is 1.36 bits per heavy atom. The van der Waals surface area contributed by atoms with Crippen LogP contribution in [0.15, 0.2) is 32.1 Å². The van der Waals surface area contributed by atoms with Crippen molar-refractivity contribution in [2.45, 2.75) is 25.3 Å². The third-order valence-electron chi connectivity index (χ3n) is 3.27. The molecule has 22 heavy (non-hydrogen) atoms. The van der Waals surface area contributed by atoms with E-state index < -0.39 is 10.0 Å². The van der Waals surface area contributed by atoms with Gasteiger partial charge in [-0.1, -0.05) is 21.1 Å². The second-order valence-electron chi connectivity index (χ2n) is 4.87. The van der Waals surface area contributed by atoms with Gasteiger partial charge in [-0.05, 0) is 32.0 Å². The van der Waals surface area contributed by atoms with Crippen molar-refractivity contribution in [1.82, 2.24) is 9.46 Å². The number of nitrogens with zero attached hydrogens (tertiary/aromatic N) is 2. The zero-order chi connectivity index (χ0) is 16.5. The van der Waals surface area contributed by atoms with Crippen molar-refractivity contribution < 1.29 is 17.7 Å². The number of halogens is 1. The number of rotatable bonds is 5. The molecule has 2 aromatic rings. The van der Waals surface area contributed by atoms with Gasteiger partial charge in [-0.15, -0.1) is 0 Å². The van der Waals surface area contributed by atoms with Crippen LogP contribution in [0.25, 0.3) is 0 Å². The number of hydrogen-bond donors (Lipinski definition) is 0. The normalized spacial score (nSPS) is 11.9. The predicted octanol–water partition coefficient (Wildman–Crippen LogP) is 2.88. The monoisotopic (exact) mass is 388 g/mol. The van der Waals surface area contributed by atoms with Gasteiger partial charge >= 0.3 is 0 Å². The summed E-state index contributed by atoms with van der Waals surface area (Å²) in [7, 11) is -0.620. The van der Waals surface area contributed by atoms with Crippen LogP contribution >= 0.6 is 15.9 Å². The number of sulfonamides is 1. The van der Waals surface area contributed by atoms with E-state index in [2.05, 4.69) is 21.1 Å². The predicted molar refractivity (Wildman–Crippen MR) is 85.3 cm³/mol. The Morgan fingerprint density at radius 2 is 2.05 bits per heavy atom. The van der Waals surface area contributed by atoms with E-state index >= 15 is 0 Å². The van der Waals surface area contributed by atoms with Crippen molar-refractivity contribution in [3.05, 3.63) is 39.7 Å². The van der Waals surface area contributed by atoms with Gasteiger partial charge in [-0.2, -0.15) is 4.31 Å². The summed E-state index contributed by atoms with van der Waals surface area (Å²) in [5.74, 6) is 0.912. The number of hydrogen-bond acceptors (Lipinski definition) is 5. The number of methoxy groups -OCH3 is 1. The first kappa shape index (κ1) is 17.0. The summed E-state index contributed by atoms with van der Waals surface area (Å²) in [5, 5.41) is 3.71. The van der Waals surface area contributed by atoms with Gasteiger partial charge < -0.3 is 9.26 Å². The number of benzene rings is 1. The minimum absolute atomic E-state index is 0.115. The van der Waals surface area contributed by atoms with E-state index in [1.165, 1.54) is 11.4 Å². The van der Waals surface area contributed by atoms with Gasteiger partial charge in [0.25, 0.3) is 0 Å². The minimum Gasteiger partial charge on any atom is -0.496 e. The molecule has 1 aromatic carbocycles. The summed E-state index contributed by atoms with van der Waals surface area (Å²) in [6, 6.07) is 5.46. The Hall–Kier alpha value is -1.38. The lowest BCUT2D eigenvalue weighted by molar-refractivity contribution is 0.388. The molecule has 0 fully saturated rings. The molecule has 0 amide bonds. The summed E-state index contributed by atoms with van der Waals surface area (Å²) in [6.45, 7) is 3.37. The Kier molecular flexibility index (Phi) is 4.93. The molecule has 0 aliphatic rings. The Balaban J connectivity index is 2.37. The molecule has 0 aliphatic heterocycles. The molecule has 0 saturated carbocycles. The summed E-state index contributed by atoms with van der Waals surface area (Å²) in [5.41, 5.74) is 1.11. The maximum absolute atomic E-state index is 12.7. The van der Waals surface area contributed by atoms with E-state index in [1.807, 2.05) is 12.1 Å². The van der Waals surface area contributed by atoms with Crippen LogP contribution in [0.3, 0.4) is 0 Å². The minimum atomic E-state index is -3.69. The van der Waals surface area contributed by atoms with Crippen molar-refractivity contribution in [3.8, 4) is 5.75 Å². The van der Waals surface area contributed by atoms with Crippen molar-refractivity contribution in [1.29, 1.82) is 0 Å². The van der Waals surface area contributed by atoms with Gasteiger partial charge in [0.15, 0.2) is 5.76 Å². The lowest BCUT2D eigenvalue weighted by Gasteiger charge is -2.18. The first-order valence-electron chi connectivity index (χ1n) is 6.49. The second-order valence-corrected chi connectivity index (χ2v) is 7.77. The fourth-order valence-corrected chi connectivity index (χ4v) is 4.03. The third kappa shape index (κ3) is 3.18. The largest absolute Gasteiger partial charge is 0.496 e. The van der Waals surface area contributed by atoms with Gasteiger partial charge in [0, 0.05) is 23.6 Å². The van der Waals surface area contributed by atoms with E-state index in [1.54, 1.807) is 27.0 Å². The average Bonchev–Trinajstić information content (AvgIpc) is 2.78. The number of ether oxygens (including phenoxy) is 1. The molecule has 0 atom stereocenters. The first-order chi connectivity index (χ1) is 10.3. The third-order valence-corrected chi connectivity index (χ3v) is 5.81. The molecule has 120 valence electrons. The highest BCUT2D eigenvalue weighted by Gasteiger charge is 2.29. The zero-order valence-corrected chi connectivity index (χ0v) is 15.2. The van der Waals surface area contributed by atoms with Crippen LogP contribution in [0.5, 0.6) is 5.75 Å². The van der Waals surface area contributed by atoms with Crippen LogP contribution in [-0.4, -0.2) is 32.0 Å². The number of aromatic nitrogens is 1. The van der Waals surface area contributed by atoms with Gasteiger partial charge in [0.1, 0.15) is 16.3 Å². The van der Waals surface area contributed by atoms with E-state index in [0.29, 0.717) is 11.4 Å². The molecule has 1 heterocycles. The first-order valence-corrected chi connectivity index (χ1v) is 8.72. The fourth-order valence-electron chi connectivity index (χ4n) is 2.19. The average molecular weight is 389 g/mol. The maximum Gasteiger partial charge on any atom is 0.248 e. The molecule has 0 aliphatic carbocycles. The Labute approximate surface area is 138 Å². The highest BCUT2D eigenvalue weighted by atomic mass is 79.9. The number of aryl methyl sites for hydroxylation is 2. The molecule has 2 rings (SSSR count). The van der Waals surface area contributed by atoms with Crippen LogP contribution in [0, 0.1) is 13.8 Å². The standard InChI is InChI=1S/C14H17BrN2O4S/c1-9-14(10(2)21-16-9)22(18,19)17(3)8-11-7-12(15)5-6-13(11)20-4/h5-7H,8H2,1-4H3. The van der Waals surface area contributed by atoms with Crippen molar-refractivity contribution in [2.75, 3.05) is 14.2 Å². The molecular formula is C14H17BrN2O4S. The lowest BCUT2D eigenvalue weighted by Crippen LogP contribution is -2.27. The molecule has 0 saturated heterocycles. The van der Waals surface area contributed by atoms with Crippen molar-refractivity contribution in [2.24, 2.45) is 0 Å². The molecule has 1 aromatic heterocycles. The highest BCUT2D eigenvalue weighted by Crippen LogP contribution is 2.28. The molecule has 0 unspecified atom stereocenters. The fraction of sp³-hybridized carbons (Fsp3) is 0.357. The van der Waals surface area contributed by atoms with E-state index in [4.69, 9.17) is 9.26 Å². The maximum atomic E-state index is 12.7. The molecular weight excluding hydrogens is 372 g/mol. The second kappa shape index (κ2) is 6.39. The van der Waals surface area contributed by atoms with Crippen LogP contribution < -0.4 is 4.74 Å². The van der Waals surface area contributed by atoms with E-state index in [0.717, 1.165) is 10.0 Å². The molecule has 0 bridgehead atoms. The molecule has 6 nitrogen and oxygen atoms in total. The van der Waals surface area contributed by atoms with E-state index in [-0.39, 0.29) is 17.2 Å². The van der Waals surface area contributed by atoms with Gasteiger partial charge in [-0.3, -0.25) is 0 Å². The van der Waals surface area contributed by atoms with Crippen LogP contribution in [-0.2, 0) is 16.6 Å². The van der Waals surface area contributed by atoms with Crippen LogP contribution in [0.1, 0.15) is 17.0 Å². The van der Waals surface area contributed by atoms with Gasteiger partial charge in [0.05, 0.1) is 7.11 Å². The molecule has 8 heteroatoms. The lowest BCUT2D eigenvalue weighted by atomic mass is 10.2. The molecule has 0 N–H and O–H groups in total. The molecule has 0 radical (unpaired) electrons. The van der Waals surface area contributed by atoms with Crippen LogP contribution in [0.2, 0.25) is 0 Å².